The number of aryl methyl sites for hydroxylation is 1. The lowest BCUT2D eigenvalue weighted by atomic mass is 10.1. The van der Waals surface area contributed by atoms with E-state index in [0.717, 1.165) is 36.8 Å². The summed E-state index contributed by atoms with van der Waals surface area (Å²) in [7, 11) is 0. The van der Waals surface area contributed by atoms with Crippen molar-refractivity contribution in [1.82, 2.24) is 20.6 Å². The van der Waals surface area contributed by atoms with Gasteiger partial charge in [0.15, 0.2) is 0 Å². The van der Waals surface area contributed by atoms with Crippen molar-refractivity contribution in [2.24, 2.45) is 0 Å². The molecule has 0 bridgehead atoms. The second-order valence-electron chi connectivity index (χ2n) is 5.97. The van der Waals surface area contributed by atoms with E-state index in [4.69, 9.17) is 0 Å². The van der Waals surface area contributed by atoms with E-state index in [9.17, 15) is 9.59 Å². The molecule has 2 aromatic rings. The predicted octanol–water partition coefficient (Wildman–Crippen LogP) is 1.36. The van der Waals surface area contributed by atoms with E-state index in [0.29, 0.717) is 4.88 Å². The highest BCUT2D eigenvalue weighted by molar-refractivity contribution is 7.13. The van der Waals surface area contributed by atoms with Gasteiger partial charge < -0.3 is 15.5 Å². The van der Waals surface area contributed by atoms with Crippen molar-refractivity contribution in [1.29, 1.82) is 0 Å². The summed E-state index contributed by atoms with van der Waals surface area (Å²) in [4.78, 5) is 36.3. The fraction of sp³-hybridized carbons (Fsp3) is 0.412. The van der Waals surface area contributed by atoms with Gasteiger partial charge >= 0.3 is 0 Å². The highest BCUT2D eigenvalue weighted by atomic mass is 32.1. The summed E-state index contributed by atoms with van der Waals surface area (Å²) in [6.45, 7) is 3.55. The van der Waals surface area contributed by atoms with Crippen LogP contribution in [0.3, 0.4) is 0 Å². The topological polar surface area (TPSA) is 87.2 Å². The number of hydrogen-bond donors (Lipinski definition) is 2. The lowest BCUT2D eigenvalue weighted by molar-refractivity contribution is -0.120. The van der Waals surface area contributed by atoms with Crippen LogP contribution in [0.5, 0.6) is 0 Å². The molecule has 2 aromatic heterocycles. The molecule has 3 heterocycles. The number of piperidine rings is 1. The Hall–Kier alpha value is -2.48. The Labute approximate surface area is 150 Å². The summed E-state index contributed by atoms with van der Waals surface area (Å²) in [6.07, 6.45) is 5.13. The van der Waals surface area contributed by atoms with Crippen LogP contribution in [-0.2, 0) is 4.79 Å². The average Bonchev–Trinajstić information content (AvgIpc) is 3.08. The summed E-state index contributed by atoms with van der Waals surface area (Å²) in [5.74, 6) is 0.367. The molecule has 2 N–H and O–H groups in total. The Morgan fingerprint density at radius 2 is 1.96 bits per heavy atom. The van der Waals surface area contributed by atoms with Gasteiger partial charge in [-0.05, 0) is 38.0 Å². The molecule has 1 saturated heterocycles. The fourth-order valence-corrected chi connectivity index (χ4v) is 3.55. The molecule has 8 heteroatoms. The Bertz CT molecular complexity index is 726. The molecular weight excluding hydrogens is 338 g/mol. The summed E-state index contributed by atoms with van der Waals surface area (Å²) in [5.41, 5.74) is 0. The largest absolute Gasteiger partial charge is 0.352 e. The maximum Gasteiger partial charge on any atom is 0.261 e. The van der Waals surface area contributed by atoms with Crippen LogP contribution in [-0.4, -0.2) is 47.5 Å². The number of nitrogens with zero attached hydrogens (tertiary/aromatic N) is 3. The van der Waals surface area contributed by atoms with Crippen LogP contribution in [0.25, 0.3) is 0 Å². The SMILES string of the molecule is Cc1ccc(C(=O)NCC(=O)NC2CCN(c3ncccn3)CC2)s1. The van der Waals surface area contributed by atoms with E-state index >= 15 is 0 Å². The maximum atomic E-state index is 12.0. The number of hydrogen-bond acceptors (Lipinski definition) is 6. The standard InChI is InChI=1S/C17H21N5O2S/c1-12-3-4-14(25-12)16(24)20-11-15(23)21-13-5-9-22(10-6-13)17-18-7-2-8-19-17/h2-4,7-8,13H,5-6,9-11H2,1H3,(H,20,24)(H,21,23). The van der Waals surface area contributed by atoms with Gasteiger partial charge in [-0.2, -0.15) is 0 Å². The van der Waals surface area contributed by atoms with Gasteiger partial charge in [-0.15, -0.1) is 11.3 Å². The van der Waals surface area contributed by atoms with Crippen LogP contribution >= 0.6 is 11.3 Å². The van der Waals surface area contributed by atoms with E-state index in [-0.39, 0.29) is 24.4 Å². The number of carbonyl (C=O) groups excluding carboxylic acids is 2. The minimum absolute atomic E-state index is 0.00219. The number of aromatic nitrogens is 2. The molecule has 3 rings (SSSR count). The van der Waals surface area contributed by atoms with Crippen molar-refractivity contribution in [3.8, 4) is 0 Å². The number of amides is 2. The van der Waals surface area contributed by atoms with Crippen LogP contribution in [0.1, 0.15) is 27.4 Å². The summed E-state index contributed by atoms with van der Waals surface area (Å²) < 4.78 is 0. The smallest absolute Gasteiger partial charge is 0.261 e. The first kappa shape index (κ1) is 17.3. The molecule has 0 spiro atoms. The normalized spacial score (nSPS) is 15.0. The van der Waals surface area contributed by atoms with E-state index < -0.39 is 0 Å². The van der Waals surface area contributed by atoms with Crippen LogP contribution in [0.2, 0.25) is 0 Å². The number of nitrogens with one attached hydrogen (secondary N) is 2. The summed E-state index contributed by atoms with van der Waals surface area (Å²) >= 11 is 1.42. The molecule has 0 saturated carbocycles. The van der Waals surface area contributed by atoms with Crippen molar-refractivity contribution in [3.63, 3.8) is 0 Å². The summed E-state index contributed by atoms with van der Waals surface area (Å²) in [6, 6.07) is 5.58. The van der Waals surface area contributed by atoms with Gasteiger partial charge in [-0.25, -0.2) is 9.97 Å². The Morgan fingerprint density at radius 1 is 1.24 bits per heavy atom. The van der Waals surface area contributed by atoms with E-state index in [1.807, 2.05) is 13.0 Å². The zero-order chi connectivity index (χ0) is 17.6. The van der Waals surface area contributed by atoms with Crippen molar-refractivity contribution in [3.05, 3.63) is 40.3 Å². The number of thiophene rings is 1. The molecule has 0 atom stereocenters. The molecule has 0 aliphatic carbocycles. The monoisotopic (exact) mass is 359 g/mol. The zero-order valence-corrected chi connectivity index (χ0v) is 14.9. The van der Waals surface area contributed by atoms with Gasteiger partial charge in [-0.3, -0.25) is 9.59 Å². The molecule has 7 nitrogen and oxygen atoms in total. The number of rotatable bonds is 5. The number of carbonyl (C=O) groups is 2. The molecule has 25 heavy (non-hydrogen) atoms. The first-order valence-electron chi connectivity index (χ1n) is 8.28. The minimum Gasteiger partial charge on any atom is -0.352 e. The third kappa shape index (κ3) is 4.76. The minimum atomic E-state index is -0.204. The third-order valence-electron chi connectivity index (χ3n) is 4.07. The van der Waals surface area contributed by atoms with Gasteiger partial charge in [0.1, 0.15) is 0 Å². The highest BCUT2D eigenvalue weighted by Crippen LogP contribution is 2.16. The van der Waals surface area contributed by atoms with Gasteiger partial charge in [0.05, 0.1) is 11.4 Å². The second kappa shape index (κ2) is 8.06. The lowest BCUT2D eigenvalue weighted by Crippen LogP contribution is -2.47. The van der Waals surface area contributed by atoms with Crippen molar-refractivity contribution < 1.29 is 9.59 Å². The molecular formula is C17H21N5O2S. The van der Waals surface area contributed by atoms with Gasteiger partial charge in [0.25, 0.3) is 5.91 Å². The van der Waals surface area contributed by atoms with Gasteiger partial charge in [0.2, 0.25) is 11.9 Å². The van der Waals surface area contributed by atoms with E-state index in [1.165, 1.54) is 11.3 Å². The fourth-order valence-electron chi connectivity index (χ4n) is 2.76. The molecule has 2 amide bonds. The first-order valence-corrected chi connectivity index (χ1v) is 9.09. The molecule has 0 radical (unpaired) electrons. The molecule has 1 fully saturated rings. The van der Waals surface area contributed by atoms with Crippen molar-refractivity contribution in [2.45, 2.75) is 25.8 Å². The Kier molecular flexibility index (Phi) is 5.60. The van der Waals surface area contributed by atoms with E-state index in [2.05, 4.69) is 25.5 Å². The first-order chi connectivity index (χ1) is 12.1. The molecule has 1 aliphatic heterocycles. The zero-order valence-electron chi connectivity index (χ0n) is 14.1. The number of anilines is 1. The molecule has 1 aliphatic rings. The van der Waals surface area contributed by atoms with Gasteiger partial charge in [-0.1, -0.05) is 0 Å². The van der Waals surface area contributed by atoms with Crippen LogP contribution in [0.15, 0.2) is 30.6 Å². The van der Waals surface area contributed by atoms with Crippen LogP contribution in [0.4, 0.5) is 5.95 Å². The Morgan fingerprint density at radius 3 is 2.60 bits per heavy atom. The van der Waals surface area contributed by atoms with Crippen LogP contribution in [0, 0.1) is 6.92 Å². The Balaban J connectivity index is 1.40. The molecule has 0 aromatic carbocycles. The third-order valence-corrected chi connectivity index (χ3v) is 5.07. The highest BCUT2D eigenvalue weighted by Gasteiger charge is 2.22. The van der Waals surface area contributed by atoms with Crippen LogP contribution < -0.4 is 15.5 Å². The van der Waals surface area contributed by atoms with Crippen molar-refractivity contribution >= 4 is 29.1 Å². The summed E-state index contributed by atoms with van der Waals surface area (Å²) in [5, 5.41) is 5.65. The second-order valence-corrected chi connectivity index (χ2v) is 7.26. The van der Waals surface area contributed by atoms with Crippen molar-refractivity contribution in [2.75, 3.05) is 24.5 Å². The van der Waals surface area contributed by atoms with E-state index in [1.54, 1.807) is 24.5 Å². The lowest BCUT2D eigenvalue weighted by Gasteiger charge is -2.32. The average molecular weight is 359 g/mol. The maximum absolute atomic E-state index is 12.0. The predicted molar refractivity (Wildman–Crippen MR) is 96.8 cm³/mol. The quantitative estimate of drug-likeness (QED) is 0.842. The molecule has 0 unspecified atom stereocenters. The molecule has 132 valence electrons. The van der Waals surface area contributed by atoms with Gasteiger partial charge in [0, 0.05) is 36.4 Å².